The van der Waals surface area contributed by atoms with Crippen LogP contribution in [-0.2, 0) is 13.0 Å². The Morgan fingerprint density at radius 1 is 1.30 bits per heavy atom. The first-order valence-electron chi connectivity index (χ1n) is 8.68. The number of aromatic nitrogens is 2. The molecule has 1 amide bonds. The third-order valence-electron chi connectivity index (χ3n) is 4.03. The smallest absolute Gasteiger partial charge is 0.274 e. The number of nitrogens with one attached hydrogen (secondary N) is 1. The molecular formula is C20H21F2N3OS. The molecule has 1 aromatic carbocycles. The van der Waals surface area contributed by atoms with Crippen LogP contribution in [0.3, 0.4) is 0 Å². The van der Waals surface area contributed by atoms with Crippen molar-refractivity contribution in [2.24, 2.45) is 5.92 Å². The van der Waals surface area contributed by atoms with Crippen molar-refractivity contribution in [3.63, 3.8) is 0 Å². The average Bonchev–Trinajstić information content (AvgIpc) is 3.15. The lowest BCUT2D eigenvalue weighted by Crippen LogP contribution is -2.17. The number of carbonyl (C=O) groups is 1. The van der Waals surface area contributed by atoms with Crippen molar-refractivity contribution in [1.29, 1.82) is 0 Å². The van der Waals surface area contributed by atoms with Gasteiger partial charge in [-0.25, -0.2) is 13.8 Å². The Morgan fingerprint density at radius 3 is 2.70 bits per heavy atom. The zero-order valence-electron chi connectivity index (χ0n) is 15.4. The lowest BCUT2D eigenvalue weighted by atomic mass is 10.1. The highest BCUT2D eigenvalue weighted by Crippen LogP contribution is 2.20. The van der Waals surface area contributed by atoms with E-state index in [1.54, 1.807) is 4.57 Å². The van der Waals surface area contributed by atoms with Gasteiger partial charge in [0.15, 0.2) is 5.13 Å². The van der Waals surface area contributed by atoms with E-state index in [4.69, 9.17) is 0 Å². The number of hydrogen-bond acceptors (Lipinski definition) is 3. The molecule has 0 atom stereocenters. The first kappa shape index (κ1) is 19.2. The standard InChI is InChI=1S/C20H21F2N3OS/c1-12(2)6-14-7-18(19(26)24-20-23-13(3)11-27-20)25(9-14)10-15-4-5-16(21)8-17(15)22/h4-5,7-9,11-12H,6,10H2,1-3H3,(H,23,24,26). The predicted molar refractivity (Wildman–Crippen MR) is 103 cm³/mol. The first-order chi connectivity index (χ1) is 12.8. The minimum Gasteiger partial charge on any atom is -0.339 e. The summed E-state index contributed by atoms with van der Waals surface area (Å²) in [6.45, 7) is 6.18. The fourth-order valence-electron chi connectivity index (χ4n) is 2.88. The summed E-state index contributed by atoms with van der Waals surface area (Å²) in [6.07, 6.45) is 2.65. The molecule has 7 heteroatoms. The number of thiazole rings is 1. The zero-order valence-corrected chi connectivity index (χ0v) is 16.2. The maximum atomic E-state index is 14.1. The van der Waals surface area contributed by atoms with Crippen LogP contribution in [0.4, 0.5) is 13.9 Å². The Labute approximate surface area is 160 Å². The topological polar surface area (TPSA) is 46.9 Å². The second-order valence-corrected chi connectivity index (χ2v) is 7.80. The minimum absolute atomic E-state index is 0.143. The van der Waals surface area contributed by atoms with Gasteiger partial charge >= 0.3 is 0 Å². The van der Waals surface area contributed by atoms with E-state index in [2.05, 4.69) is 24.1 Å². The van der Waals surface area contributed by atoms with Crippen LogP contribution < -0.4 is 5.32 Å². The third-order valence-corrected chi connectivity index (χ3v) is 4.90. The van der Waals surface area contributed by atoms with E-state index in [0.717, 1.165) is 23.7 Å². The number of rotatable bonds is 6. The van der Waals surface area contributed by atoms with Gasteiger partial charge in [-0.3, -0.25) is 10.1 Å². The van der Waals surface area contributed by atoms with Gasteiger partial charge in [-0.2, -0.15) is 0 Å². The van der Waals surface area contributed by atoms with Gasteiger partial charge in [0, 0.05) is 23.2 Å². The molecule has 0 fully saturated rings. The Balaban J connectivity index is 1.90. The quantitative estimate of drug-likeness (QED) is 0.643. The highest BCUT2D eigenvalue weighted by molar-refractivity contribution is 7.13. The number of halogens is 2. The molecule has 0 radical (unpaired) electrons. The van der Waals surface area contributed by atoms with Gasteiger partial charge in [0.05, 0.1) is 12.2 Å². The average molecular weight is 389 g/mol. The molecule has 0 aliphatic carbocycles. The van der Waals surface area contributed by atoms with Crippen LogP contribution in [0.15, 0.2) is 35.8 Å². The van der Waals surface area contributed by atoms with Gasteiger partial charge in [0.2, 0.25) is 0 Å². The van der Waals surface area contributed by atoms with Gasteiger partial charge in [0.25, 0.3) is 5.91 Å². The van der Waals surface area contributed by atoms with Crippen molar-refractivity contribution in [1.82, 2.24) is 9.55 Å². The lowest BCUT2D eigenvalue weighted by Gasteiger charge is -2.10. The fourth-order valence-corrected chi connectivity index (χ4v) is 3.56. The highest BCUT2D eigenvalue weighted by Gasteiger charge is 2.17. The van der Waals surface area contributed by atoms with Crippen LogP contribution in [0.1, 0.15) is 41.2 Å². The Hall–Kier alpha value is -2.54. The summed E-state index contributed by atoms with van der Waals surface area (Å²) in [6, 6.07) is 5.29. The normalized spacial score (nSPS) is 11.2. The molecule has 0 saturated heterocycles. The number of benzene rings is 1. The largest absolute Gasteiger partial charge is 0.339 e. The molecule has 3 rings (SSSR count). The summed E-state index contributed by atoms with van der Waals surface area (Å²) >= 11 is 1.35. The van der Waals surface area contributed by atoms with E-state index in [0.29, 0.717) is 22.3 Å². The van der Waals surface area contributed by atoms with Crippen molar-refractivity contribution < 1.29 is 13.6 Å². The summed E-state index contributed by atoms with van der Waals surface area (Å²) in [5.74, 6) is -1.14. The van der Waals surface area contributed by atoms with E-state index in [1.165, 1.54) is 23.5 Å². The van der Waals surface area contributed by atoms with Crippen molar-refractivity contribution in [2.75, 3.05) is 5.32 Å². The molecule has 0 aliphatic heterocycles. The number of hydrogen-bond donors (Lipinski definition) is 1. The van der Waals surface area contributed by atoms with E-state index < -0.39 is 11.6 Å². The van der Waals surface area contributed by atoms with Crippen molar-refractivity contribution in [3.05, 3.63) is 70.0 Å². The van der Waals surface area contributed by atoms with Gasteiger partial charge in [0.1, 0.15) is 17.3 Å². The van der Waals surface area contributed by atoms with Gasteiger partial charge in [-0.1, -0.05) is 19.9 Å². The summed E-state index contributed by atoms with van der Waals surface area (Å²) in [4.78, 5) is 17.0. The van der Waals surface area contributed by atoms with E-state index in [9.17, 15) is 13.6 Å². The number of amides is 1. The monoisotopic (exact) mass is 389 g/mol. The van der Waals surface area contributed by atoms with E-state index >= 15 is 0 Å². The molecule has 0 unspecified atom stereocenters. The molecule has 0 spiro atoms. The molecule has 2 heterocycles. The predicted octanol–water partition coefficient (Wildman–Crippen LogP) is 5.03. The first-order valence-corrected chi connectivity index (χ1v) is 9.56. The number of nitrogens with zero attached hydrogens (tertiary/aromatic N) is 2. The fraction of sp³-hybridized carbons (Fsp3) is 0.300. The molecular weight excluding hydrogens is 368 g/mol. The summed E-state index contributed by atoms with van der Waals surface area (Å²) < 4.78 is 28.9. The number of carbonyl (C=O) groups excluding carboxylic acids is 1. The molecule has 0 aliphatic rings. The number of aryl methyl sites for hydroxylation is 1. The van der Waals surface area contributed by atoms with Crippen molar-refractivity contribution in [3.8, 4) is 0 Å². The zero-order chi connectivity index (χ0) is 19.6. The highest BCUT2D eigenvalue weighted by atomic mass is 32.1. The Bertz CT molecular complexity index is 962. The second-order valence-electron chi connectivity index (χ2n) is 6.94. The molecule has 4 nitrogen and oxygen atoms in total. The van der Waals surface area contributed by atoms with Crippen LogP contribution in [0.5, 0.6) is 0 Å². The third kappa shape index (κ3) is 4.80. The van der Waals surface area contributed by atoms with Crippen molar-refractivity contribution >= 4 is 22.4 Å². The van der Waals surface area contributed by atoms with E-state index in [1.807, 2.05) is 24.6 Å². The second kappa shape index (κ2) is 8.00. The van der Waals surface area contributed by atoms with Crippen LogP contribution in [-0.4, -0.2) is 15.5 Å². The number of anilines is 1. The molecule has 0 bridgehead atoms. The van der Waals surface area contributed by atoms with Gasteiger partial charge < -0.3 is 4.57 Å². The van der Waals surface area contributed by atoms with Crippen LogP contribution in [0.2, 0.25) is 0 Å². The maximum Gasteiger partial charge on any atom is 0.274 e. The molecule has 142 valence electrons. The minimum atomic E-state index is -0.629. The molecule has 0 saturated carbocycles. The lowest BCUT2D eigenvalue weighted by molar-refractivity contribution is 0.101. The summed E-state index contributed by atoms with van der Waals surface area (Å²) in [5, 5.41) is 5.16. The molecule has 3 aromatic rings. The van der Waals surface area contributed by atoms with E-state index in [-0.39, 0.29) is 12.5 Å². The van der Waals surface area contributed by atoms with Gasteiger partial charge in [-0.05, 0) is 37.0 Å². The van der Waals surface area contributed by atoms with Crippen LogP contribution in [0.25, 0.3) is 0 Å². The Kier molecular flexibility index (Phi) is 5.70. The molecule has 1 N–H and O–H groups in total. The summed E-state index contributed by atoms with van der Waals surface area (Å²) in [5.41, 5.74) is 2.57. The summed E-state index contributed by atoms with van der Waals surface area (Å²) in [7, 11) is 0. The van der Waals surface area contributed by atoms with Gasteiger partial charge in [-0.15, -0.1) is 11.3 Å². The Morgan fingerprint density at radius 2 is 2.07 bits per heavy atom. The molecule has 2 aromatic heterocycles. The SMILES string of the molecule is Cc1csc(NC(=O)c2cc(CC(C)C)cn2Cc2ccc(F)cc2F)n1. The van der Waals surface area contributed by atoms with Crippen LogP contribution >= 0.6 is 11.3 Å². The van der Waals surface area contributed by atoms with Crippen molar-refractivity contribution in [2.45, 2.75) is 33.7 Å². The van der Waals surface area contributed by atoms with Crippen LogP contribution in [0, 0.1) is 24.5 Å². The molecule has 27 heavy (non-hydrogen) atoms. The maximum absolute atomic E-state index is 14.1.